The van der Waals surface area contributed by atoms with Gasteiger partial charge in [-0.3, -0.25) is 4.79 Å². The first kappa shape index (κ1) is 16.3. The summed E-state index contributed by atoms with van der Waals surface area (Å²) in [5.74, 6) is -0.0642. The minimum absolute atomic E-state index is 0.0357. The molecule has 20 heavy (non-hydrogen) atoms. The molecule has 1 amide bonds. The zero-order chi connectivity index (χ0) is 15.2. The first-order chi connectivity index (χ1) is 9.51. The van der Waals surface area contributed by atoms with Gasteiger partial charge in [-0.2, -0.15) is 0 Å². The van der Waals surface area contributed by atoms with E-state index in [-0.39, 0.29) is 11.4 Å². The van der Waals surface area contributed by atoms with Gasteiger partial charge in [0.15, 0.2) is 0 Å². The third-order valence-corrected chi connectivity index (χ3v) is 4.08. The van der Waals surface area contributed by atoms with E-state index in [4.69, 9.17) is 5.73 Å². The van der Waals surface area contributed by atoms with E-state index in [0.717, 1.165) is 24.9 Å². The van der Waals surface area contributed by atoms with Gasteiger partial charge in [0.05, 0.1) is 11.4 Å². The van der Waals surface area contributed by atoms with Crippen molar-refractivity contribution >= 4 is 17.3 Å². The third kappa shape index (κ3) is 3.65. The van der Waals surface area contributed by atoms with E-state index in [0.29, 0.717) is 17.8 Å². The van der Waals surface area contributed by atoms with Crippen LogP contribution in [0.2, 0.25) is 0 Å². The first-order valence-corrected chi connectivity index (χ1v) is 7.47. The molecule has 0 saturated carbocycles. The third-order valence-electron chi connectivity index (χ3n) is 4.08. The molecule has 0 aliphatic rings. The number of nitrogens with one attached hydrogen (secondary N) is 2. The largest absolute Gasteiger partial charge is 0.397 e. The van der Waals surface area contributed by atoms with E-state index in [9.17, 15) is 4.79 Å². The molecule has 0 heterocycles. The summed E-state index contributed by atoms with van der Waals surface area (Å²) in [6, 6.07) is 5.39. The Kier molecular flexibility index (Phi) is 5.86. The maximum absolute atomic E-state index is 11.9. The van der Waals surface area contributed by atoms with Crippen molar-refractivity contribution in [3.05, 3.63) is 23.8 Å². The van der Waals surface area contributed by atoms with Crippen molar-refractivity contribution in [3.63, 3.8) is 0 Å². The average molecular weight is 277 g/mol. The normalized spacial score (nSPS) is 11.2. The highest BCUT2D eigenvalue weighted by Gasteiger charge is 2.24. The van der Waals surface area contributed by atoms with Crippen LogP contribution < -0.4 is 16.4 Å². The molecule has 0 fully saturated rings. The number of rotatable bonds is 7. The van der Waals surface area contributed by atoms with Gasteiger partial charge in [0.1, 0.15) is 0 Å². The van der Waals surface area contributed by atoms with Gasteiger partial charge in [0.2, 0.25) is 0 Å². The van der Waals surface area contributed by atoms with E-state index in [1.54, 1.807) is 12.1 Å². The Bertz CT molecular complexity index is 445. The number of carbonyl (C=O) groups excluding carboxylic acids is 1. The monoisotopic (exact) mass is 277 g/mol. The maximum atomic E-state index is 11.9. The number of amides is 1. The van der Waals surface area contributed by atoms with E-state index in [2.05, 4.69) is 31.4 Å². The van der Waals surface area contributed by atoms with Crippen LogP contribution in [0.5, 0.6) is 0 Å². The predicted octanol–water partition coefficient (Wildman–Crippen LogP) is 3.40. The molecule has 0 aliphatic heterocycles. The summed E-state index contributed by atoms with van der Waals surface area (Å²) in [4.78, 5) is 11.9. The van der Waals surface area contributed by atoms with Crippen LogP contribution in [-0.2, 0) is 0 Å². The molecule has 0 aliphatic carbocycles. The minimum atomic E-state index is -0.0642. The number of benzene rings is 1. The van der Waals surface area contributed by atoms with Crippen molar-refractivity contribution in [1.29, 1.82) is 0 Å². The van der Waals surface area contributed by atoms with Gasteiger partial charge < -0.3 is 16.4 Å². The minimum Gasteiger partial charge on any atom is -0.397 e. The van der Waals surface area contributed by atoms with Crippen LogP contribution in [0, 0.1) is 0 Å². The molecule has 4 heteroatoms. The smallest absolute Gasteiger partial charge is 0.251 e. The lowest BCUT2D eigenvalue weighted by Gasteiger charge is -2.33. The van der Waals surface area contributed by atoms with Gasteiger partial charge in [0.25, 0.3) is 5.91 Å². The fourth-order valence-corrected chi connectivity index (χ4v) is 2.37. The maximum Gasteiger partial charge on any atom is 0.251 e. The lowest BCUT2D eigenvalue weighted by Crippen LogP contribution is -2.36. The first-order valence-electron chi connectivity index (χ1n) is 7.47. The van der Waals surface area contributed by atoms with Crippen molar-refractivity contribution in [2.24, 2.45) is 0 Å². The second-order valence-electron chi connectivity index (χ2n) is 5.13. The van der Waals surface area contributed by atoms with Gasteiger partial charge in [-0.15, -0.1) is 0 Å². The summed E-state index contributed by atoms with van der Waals surface area (Å²) in [5.41, 5.74) is 8.24. The lowest BCUT2D eigenvalue weighted by atomic mass is 9.89. The van der Waals surface area contributed by atoms with Crippen LogP contribution >= 0.6 is 0 Å². The van der Waals surface area contributed by atoms with E-state index in [1.807, 2.05) is 13.0 Å². The zero-order valence-corrected chi connectivity index (χ0v) is 13.0. The second-order valence-corrected chi connectivity index (χ2v) is 5.13. The summed E-state index contributed by atoms with van der Waals surface area (Å²) in [6.45, 7) is 9.04. The average Bonchev–Trinajstić information content (AvgIpc) is 2.47. The van der Waals surface area contributed by atoms with Gasteiger partial charge >= 0.3 is 0 Å². The van der Waals surface area contributed by atoms with Gasteiger partial charge in [-0.05, 0) is 44.4 Å². The van der Waals surface area contributed by atoms with E-state index in [1.165, 1.54) is 0 Å². The summed E-state index contributed by atoms with van der Waals surface area (Å²) in [7, 11) is 0. The van der Waals surface area contributed by atoms with Crippen LogP contribution in [0.4, 0.5) is 11.4 Å². The highest BCUT2D eigenvalue weighted by molar-refractivity contribution is 5.96. The Morgan fingerprint density at radius 2 is 1.75 bits per heavy atom. The molecule has 0 aromatic heterocycles. The van der Waals surface area contributed by atoms with Crippen molar-refractivity contribution in [2.75, 3.05) is 17.6 Å². The molecule has 4 N–H and O–H groups in total. The molecule has 0 spiro atoms. The standard InChI is InChI=1S/C16H27N3O/c1-5-16(6-2,7-3)19-14-11-12(9-10-13(14)17)15(20)18-8-4/h9-11,19H,5-8,17H2,1-4H3,(H,18,20). The lowest BCUT2D eigenvalue weighted by molar-refractivity contribution is 0.0956. The summed E-state index contributed by atoms with van der Waals surface area (Å²) >= 11 is 0. The highest BCUT2D eigenvalue weighted by atomic mass is 16.1. The predicted molar refractivity (Wildman–Crippen MR) is 86.1 cm³/mol. The Morgan fingerprint density at radius 3 is 2.25 bits per heavy atom. The Hall–Kier alpha value is -1.71. The van der Waals surface area contributed by atoms with Crippen molar-refractivity contribution in [1.82, 2.24) is 5.32 Å². The number of nitrogen functional groups attached to an aromatic ring is 1. The van der Waals surface area contributed by atoms with Crippen molar-refractivity contribution < 1.29 is 4.79 Å². The molecular weight excluding hydrogens is 250 g/mol. The summed E-state index contributed by atoms with van der Waals surface area (Å²) in [5, 5.41) is 6.35. The fourth-order valence-electron chi connectivity index (χ4n) is 2.37. The molecular formula is C16H27N3O. The fraction of sp³-hybridized carbons (Fsp3) is 0.562. The molecule has 1 rings (SSSR count). The molecule has 0 unspecified atom stereocenters. The summed E-state index contributed by atoms with van der Waals surface area (Å²) in [6.07, 6.45) is 3.06. The second kappa shape index (κ2) is 7.17. The van der Waals surface area contributed by atoms with Crippen LogP contribution in [0.25, 0.3) is 0 Å². The number of hydrogen-bond acceptors (Lipinski definition) is 3. The van der Waals surface area contributed by atoms with Crippen molar-refractivity contribution in [2.45, 2.75) is 52.5 Å². The quantitative estimate of drug-likeness (QED) is 0.669. The highest BCUT2D eigenvalue weighted by Crippen LogP contribution is 2.29. The SMILES string of the molecule is CCNC(=O)c1ccc(N)c(NC(CC)(CC)CC)c1. The van der Waals surface area contributed by atoms with Gasteiger partial charge in [-0.1, -0.05) is 20.8 Å². The molecule has 0 atom stereocenters. The zero-order valence-electron chi connectivity index (χ0n) is 13.0. The topological polar surface area (TPSA) is 67.2 Å². The van der Waals surface area contributed by atoms with E-state index < -0.39 is 0 Å². The van der Waals surface area contributed by atoms with Crippen LogP contribution in [0.3, 0.4) is 0 Å². The Labute approximate surface area is 122 Å². The molecule has 0 bridgehead atoms. The molecule has 1 aromatic rings. The van der Waals surface area contributed by atoms with Crippen LogP contribution in [0.1, 0.15) is 57.3 Å². The van der Waals surface area contributed by atoms with Gasteiger partial charge in [-0.25, -0.2) is 0 Å². The molecule has 4 nitrogen and oxygen atoms in total. The number of hydrogen-bond donors (Lipinski definition) is 3. The number of nitrogens with two attached hydrogens (primary N) is 1. The molecule has 112 valence electrons. The number of anilines is 2. The molecule has 0 radical (unpaired) electrons. The van der Waals surface area contributed by atoms with Crippen molar-refractivity contribution in [3.8, 4) is 0 Å². The summed E-state index contributed by atoms with van der Waals surface area (Å²) < 4.78 is 0. The van der Waals surface area contributed by atoms with Gasteiger partial charge in [0, 0.05) is 17.6 Å². The molecule has 0 saturated heterocycles. The Morgan fingerprint density at radius 1 is 1.15 bits per heavy atom. The number of carbonyl (C=O) groups is 1. The Balaban J connectivity index is 3.05. The van der Waals surface area contributed by atoms with E-state index >= 15 is 0 Å². The van der Waals surface area contributed by atoms with Crippen LogP contribution in [-0.4, -0.2) is 18.0 Å². The molecule has 1 aromatic carbocycles. The van der Waals surface area contributed by atoms with Crippen LogP contribution in [0.15, 0.2) is 18.2 Å².